The first-order chi connectivity index (χ1) is 10.1. The van der Waals surface area contributed by atoms with Crippen molar-refractivity contribution in [3.8, 4) is 0 Å². The lowest BCUT2D eigenvalue weighted by Gasteiger charge is -2.26. The van der Waals surface area contributed by atoms with Gasteiger partial charge in [-0.05, 0) is 17.8 Å². The third-order valence-electron chi connectivity index (χ3n) is 5.50. The van der Waals surface area contributed by atoms with E-state index in [9.17, 15) is 0 Å². The Kier molecular flexibility index (Phi) is 14.9. The highest BCUT2D eigenvalue weighted by atomic mass is 14.2. The van der Waals surface area contributed by atoms with Gasteiger partial charge >= 0.3 is 0 Å². The molecule has 0 bridgehead atoms. The van der Waals surface area contributed by atoms with Gasteiger partial charge in [0.05, 0.1) is 0 Å². The van der Waals surface area contributed by atoms with Crippen molar-refractivity contribution in [2.24, 2.45) is 17.8 Å². The molecule has 0 saturated heterocycles. The molecule has 0 aliphatic carbocycles. The van der Waals surface area contributed by atoms with E-state index in [2.05, 4.69) is 34.6 Å². The summed E-state index contributed by atoms with van der Waals surface area (Å²) >= 11 is 0. The van der Waals surface area contributed by atoms with Gasteiger partial charge in [0.15, 0.2) is 0 Å². The van der Waals surface area contributed by atoms with Crippen molar-refractivity contribution in [3.63, 3.8) is 0 Å². The molecule has 0 heteroatoms. The van der Waals surface area contributed by atoms with Gasteiger partial charge in [0.2, 0.25) is 0 Å². The van der Waals surface area contributed by atoms with Crippen LogP contribution >= 0.6 is 0 Å². The van der Waals surface area contributed by atoms with Gasteiger partial charge in [-0.3, -0.25) is 0 Å². The summed E-state index contributed by atoms with van der Waals surface area (Å²) in [7, 11) is 0. The Morgan fingerprint density at radius 3 is 1.38 bits per heavy atom. The van der Waals surface area contributed by atoms with E-state index in [-0.39, 0.29) is 0 Å². The van der Waals surface area contributed by atoms with Crippen LogP contribution in [0.1, 0.15) is 118 Å². The SMILES string of the molecule is CCCCCCCCCCCCCC(CC)C(C)C(C)C. The number of hydrogen-bond acceptors (Lipinski definition) is 0. The smallest absolute Gasteiger partial charge is 0.0389 e. The molecule has 0 aliphatic heterocycles. The first kappa shape index (κ1) is 21.0. The fourth-order valence-corrected chi connectivity index (χ4v) is 3.45. The predicted octanol–water partition coefficient (Wildman–Crippen LogP) is 8.01. The van der Waals surface area contributed by atoms with Gasteiger partial charge in [-0.25, -0.2) is 0 Å². The van der Waals surface area contributed by atoms with E-state index >= 15 is 0 Å². The number of hydrogen-bond donors (Lipinski definition) is 0. The van der Waals surface area contributed by atoms with Gasteiger partial charge in [-0.15, -0.1) is 0 Å². The van der Waals surface area contributed by atoms with Crippen molar-refractivity contribution in [1.29, 1.82) is 0 Å². The second-order valence-corrected chi connectivity index (χ2v) is 7.60. The van der Waals surface area contributed by atoms with Gasteiger partial charge in [0, 0.05) is 0 Å². The molecule has 21 heavy (non-hydrogen) atoms. The Morgan fingerprint density at radius 2 is 1.00 bits per heavy atom. The van der Waals surface area contributed by atoms with Gasteiger partial charge in [0.25, 0.3) is 0 Å². The third-order valence-corrected chi connectivity index (χ3v) is 5.50. The molecular formula is C21H44. The zero-order valence-corrected chi connectivity index (χ0v) is 15.9. The van der Waals surface area contributed by atoms with Crippen molar-refractivity contribution in [3.05, 3.63) is 0 Å². The molecule has 0 aromatic heterocycles. The van der Waals surface area contributed by atoms with Crippen LogP contribution in [-0.4, -0.2) is 0 Å². The Bertz CT molecular complexity index is 194. The lowest BCUT2D eigenvalue weighted by molar-refractivity contribution is 0.248. The van der Waals surface area contributed by atoms with E-state index in [1.807, 2.05) is 0 Å². The topological polar surface area (TPSA) is 0 Å². The molecule has 2 unspecified atom stereocenters. The summed E-state index contributed by atoms with van der Waals surface area (Å²) in [4.78, 5) is 0. The van der Waals surface area contributed by atoms with Crippen molar-refractivity contribution < 1.29 is 0 Å². The molecule has 0 radical (unpaired) electrons. The maximum absolute atomic E-state index is 2.46. The van der Waals surface area contributed by atoms with Crippen LogP contribution in [0.15, 0.2) is 0 Å². The van der Waals surface area contributed by atoms with Crippen LogP contribution in [0, 0.1) is 17.8 Å². The molecule has 0 rings (SSSR count). The van der Waals surface area contributed by atoms with Crippen molar-refractivity contribution in [2.45, 2.75) is 118 Å². The lowest BCUT2D eigenvalue weighted by Crippen LogP contribution is -2.16. The average molecular weight is 297 g/mol. The van der Waals surface area contributed by atoms with Crippen molar-refractivity contribution in [1.82, 2.24) is 0 Å². The van der Waals surface area contributed by atoms with Crippen LogP contribution in [-0.2, 0) is 0 Å². The quantitative estimate of drug-likeness (QED) is 0.268. The van der Waals surface area contributed by atoms with Crippen LogP contribution in [0.3, 0.4) is 0 Å². The minimum absolute atomic E-state index is 0.850. The van der Waals surface area contributed by atoms with E-state index in [4.69, 9.17) is 0 Å². The second-order valence-electron chi connectivity index (χ2n) is 7.60. The van der Waals surface area contributed by atoms with Crippen molar-refractivity contribution >= 4 is 0 Å². The Labute approximate surface area is 136 Å². The van der Waals surface area contributed by atoms with Crippen LogP contribution in [0.2, 0.25) is 0 Å². The monoisotopic (exact) mass is 296 g/mol. The third kappa shape index (κ3) is 12.2. The fourth-order valence-electron chi connectivity index (χ4n) is 3.45. The van der Waals surface area contributed by atoms with Crippen LogP contribution in [0.25, 0.3) is 0 Å². The van der Waals surface area contributed by atoms with E-state index in [0.29, 0.717) is 0 Å². The van der Waals surface area contributed by atoms with Crippen LogP contribution in [0.5, 0.6) is 0 Å². The molecule has 0 heterocycles. The van der Waals surface area contributed by atoms with Gasteiger partial charge in [-0.2, -0.15) is 0 Å². The summed E-state index contributed by atoms with van der Waals surface area (Å²) in [6, 6.07) is 0. The average Bonchev–Trinajstić information content (AvgIpc) is 2.48. The fraction of sp³-hybridized carbons (Fsp3) is 1.00. The van der Waals surface area contributed by atoms with Gasteiger partial charge in [0.1, 0.15) is 0 Å². The molecule has 0 fully saturated rings. The maximum Gasteiger partial charge on any atom is -0.0389 e. The number of unbranched alkanes of at least 4 members (excludes halogenated alkanes) is 10. The maximum atomic E-state index is 2.46. The van der Waals surface area contributed by atoms with E-state index in [0.717, 1.165) is 17.8 Å². The first-order valence-electron chi connectivity index (χ1n) is 10.1. The Hall–Kier alpha value is 0. The van der Waals surface area contributed by atoms with Gasteiger partial charge in [-0.1, -0.05) is 118 Å². The summed E-state index contributed by atoms with van der Waals surface area (Å²) in [6.07, 6.45) is 18.9. The molecule has 0 amide bonds. The van der Waals surface area contributed by atoms with Gasteiger partial charge < -0.3 is 0 Å². The Balaban J connectivity index is 3.35. The molecule has 0 aromatic carbocycles. The summed E-state index contributed by atoms with van der Waals surface area (Å²) in [5, 5.41) is 0. The van der Waals surface area contributed by atoms with E-state index < -0.39 is 0 Å². The molecule has 0 N–H and O–H groups in total. The molecule has 0 nitrogen and oxygen atoms in total. The predicted molar refractivity (Wildman–Crippen MR) is 98.9 cm³/mol. The highest BCUT2D eigenvalue weighted by Gasteiger charge is 2.17. The Morgan fingerprint density at radius 1 is 0.571 bits per heavy atom. The lowest BCUT2D eigenvalue weighted by atomic mass is 9.80. The van der Waals surface area contributed by atoms with Crippen molar-refractivity contribution in [2.75, 3.05) is 0 Å². The molecule has 2 atom stereocenters. The van der Waals surface area contributed by atoms with Crippen LogP contribution < -0.4 is 0 Å². The normalized spacial score (nSPS) is 14.6. The molecule has 0 saturated carbocycles. The zero-order chi connectivity index (χ0) is 15.9. The van der Waals surface area contributed by atoms with Crippen LogP contribution in [0.4, 0.5) is 0 Å². The molecule has 128 valence electrons. The van der Waals surface area contributed by atoms with E-state index in [1.54, 1.807) is 0 Å². The largest absolute Gasteiger partial charge is 0.0654 e. The second kappa shape index (κ2) is 14.9. The molecular weight excluding hydrogens is 252 g/mol. The minimum Gasteiger partial charge on any atom is -0.0654 e. The first-order valence-corrected chi connectivity index (χ1v) is 10.1. The summed E-state index contributed by atoms with van der Waals surface area (Å²) in [5.41, 5.74) is 0. The minimum atomic E-state index is 0.850. The highest BCUT2D eigenvalue weighted by Crippen LogP contribution is 2.28. The molecule has 0 aliphatic rings. The summed E-state index contributed by atoms with van der Waals surface area (Å²) < 4.78 is 0. The highest BCUT2D eigenvalue weighted by molar-refractivity contribution is 4.68. The molecule has 0 aromatic rings. The molecule has 0 spiro atoms. The standard InChI is InChI=1S/C21H44/c1-6-8-9-10-11-12-13-14-15-16-17-18-21(7-2)20(5)19(3)4/h19-21H,6-18H2,1-5H3. The zero-order valence-electron chi connectivity index (χ0n) is 15.9. The number of rotatable bonds is 15. The summed E-state index contributed by atoms with van der Waals surface area (Å²) in [6.45, 7) is 11.9. The van der Waals surface area contributed by atoms with E-state index in [1.165, 1.54) is 83.5 Å². The summed E-state index contributed by atoms with van der Waals surface area (Å²) in [5.74, 6) is 2.71.